The molecule has 1 aromatic rings. The van der Waals surface area contributed by atoms with Gasteiger partial charge < -0.3 is 9.64 Å². The Labute approximate surface area is 150 Å². The number of esters is 1. The van der Waals surface area contributed by atoms with Gasteiger partial charge in [0.25, 0.3) is 11.6 Å². The van der Waals surface area contributed by atoms with Gasteiger partial charge in [0, 0.05) is 18.7 Å². The molecule has 0 bridgehead atoms. The van der Waals surface area contributed by atoms with Gasteiger partial charge in [-0.25, -0.2) is 4.79 Å². The lowest BCUT2D eigenvalue weighted by atomic mass is 10.00. The van der Waals surface area contributed by atoms with Gasteiger partial charge in [-0.05, 0) is 44.1 Å². The highest BCUT2D eigenvalue weighted by Gasteiger charge is 2.26. The Morgan fingerprint density at radius 1 is 1.40 bits per heavy atom. The molecule has 2 rings (SSSR count). The fourth-order valence-electron chi connectivity index (χ4n) is 3.01. The van der Waals surface area contributed by atoms with Gasteiger partial charge in [-0.3, -0.25) is 14.9 Å². The number of benzene rings is 1. The zero-order valence-electron chi connectivity index (χ0n) is 14.4. The van der Waals surface area contributed by atoms with Crippen LogP contribution in [-0.2, 0) is 9.53 Å². The van der Waals surface area contributed by atoms with Crippen LogP contribution in [0.3, 0.4) is 0 Å². The third kappa shape index (κ3) is 4.72. The first-order chi connectivity index (χ1) is 12.0. The van der Waals surface area contributed by atoms with Crippen LogP contribution in [0.1, 0.15) is 43.0 Å². The Kier molecular flexibility index (Phi) is 6.81. The van der Waals surface area contributed by atoms with Crippen LogP contribution >= 0.6 is 11.8 Å². The van der Waals surface area contributed by atoms with E-state index < -0.39 is 10.9 Å². The maximum Gasteiger partial charge on any atom is 0.338 e. The largest absolute Gasteiger partial charge is 0.452 e. The zero-order valence-corrected chi connectivity index (χ0v) is 15.2. The number of hydrogen-bond acceptors (Lipinski definition) is 6. The summed E-state index contributed by atoms with van der Waals surface area (Å²) < 4.78 is 5.08. The fraction of sp³-hybridized carbons (Fsp3) is 0.529. The number of nitrogens with zero attached hydrogens (tertiary/aromatic N) is 2. The van der Waals surface area contributed by atoms with Crippen molar-refractivity contribution in [2.45, 2.75) is 43.5 Å². The van der Waals surface area contributed by atoms with Crippen molar-refractivity contribution in [2.75, 3.05) is 19.4 Å². The second kappa shape index (κ2) is 8.84. The molecule has 1 aliphatic heterocycles. The van der Waals surface area contributed by atoms with Gasteiger partial charge in [-0.2, -0.15) is 0 Å². The summed E-state index contributed by atoms with van der Waals surface area (Å²) in [5.74, 6) is -0.940. The highest BCUT2D eigenvalue weighted by atomic mass is 32.2. The van der Waals surface area contributed by atoms with Crippen LogP contribution in [0.2, 0.25) is 0 Å². The molecule has 8 heteroatoms. The highest BCUT2D eigenvalue weighted by molar-refractivity contribution is 7.98. The SMILES string of the molecule is CC[C@H]1CCCCN1C(=O)COC(=O)c1ccc(SC)c([N+](=O)[O-])c1. The van der Waals surface area contributed by atoms with Crippen molar-refractivity contribution in [3.63, 3.8) is 0 Å². The lowest BCUT2D eigenvalue weighted by molar-refractivity contribution is -0.387. The van der Waals surface area contributed by atoms with Crippen LogP contribution < -0.4 is 0 Å². The summed E-state index contributed by atoms with van der Waals surface area (Å²) in [5.41, 5.74) is -0.0710. The maximum atomic E-state index is 12.3. The molecule has 0 saturated carbocycles. The van der Waals surface area contributed by atoms with Gasteiger partial charge in [0.15, 0.2) is 6.61 Å². The molecule has 0 N–H and O–H groups in total. The fourth-order valence-corrected chi connectivity index (χ4v) is 3.55. The number of nitro benzene ring substituents is 1. The van der Waals surface area contributed by atoms with Crippen molar-refractivity contribution >= 4 is 29.3 Å². The Hall–Kier alpha value is -2.09. The molecule has 0 spiro atoms. The number of nitro groups is 1. The molecule has 25 heavy (non-hydrogen) atoms. The summed E-state index contributed by atoms with van der Waals surface area (Å²) in [4.78, 5) is 37.2. The molecule has 1 atom stereocenters. The third-order valence-corrected chi connectivity index (χ3v) is 5.14. The predicted molar refractivity (Wildman–Crippen MR) is 94.8 cm³/mol. The molecule has 1 saturated heterocycles. The molecule has 1 aliphatic rings. The second-order valence-corrected chi connectivity index (χ2v) is 6.71. The minimum absolute atomic E-state index is 0.0722. The monoisotopic (exact) mass is 366 g/mol. The Bertz CT molecular complexity index is 664. The summed E-state index contributed by atoms with van der Waals surface area (Å²) in [6.07, 6.45) is 5.63. The third-order valence-electron chi connectivity index (χ3n) is 4.36. The lowest BCUT2D eigenvalue weighted by Crippen LogP contribution is -2.45. The van der Waals surface area contributed by atoms with Gasteiger partial charge in [-0.1, -0.05) is 6.92 Å². The van der Waals surface area contributed by atoms with E-state index in [1.54, 1.807) is 11.2 Å². The van der Waals surface area contributed by atoms with E-state index >= 15 is 0 Å². The first-order valence-electron chi connectivity index (χ1n) is 8.27. The summed E-state index contributed by atoms with van der Waals surface area (Å²) in [6.45, 7) is 2.38. The number of hydrogen-bond donors (Lipinski definition) is 0. The van der Waals surface area contributed by atoms with Gasteiger partial charge in [0.1, 0.15) is 0 Å². The van der Waals surface area contributed by atoms with Gasteiger partial charge in [0.2, 0.25) is 0 Å². The van der Waals surface area contributed by atoms with Crippen LogP contribution in [0.5, 0.6) is 0 Å². The molecule has 0 aliphatic carbocycles. The van der Waals surface area contributed by atoms with E-state index in [2.05, 4.69) is 0 Å². The van der Waals surface area contributed by atoms with Crippen LogP contribution in [0, 0.1) is 10.1 Å². The molecule has 7 nitrogen and oxygen atoms in total. The molecular weight excluding hydrogens is 344 g/mol. The summed E-state index contributed by atoms with van der Waals surface area (Å²) >= 11 is 1.23. The topological polar surface area (TPSA) is 89.8 Å². The maximum absolute atomic E-state index is 12.3. The van der Waals surface area contributed by atoms with E-state index in [1.807, 2.05) is 6.92 Å². The van der Waals surface area contributed by atoms with E-state index in [4.69, 9.17) is 4.74 Å². The second-order valence-electron chi connectivity index (χ2n) is 5.86. The molecule has 0 aromatic heterocycles. The molecule has 136 valence electrons. The highest BCUT2D eigenvalue weighted by Crippen LogP contribution is 2.28. The molecule has 0 unspecified atom stereocenters. The normalized spacial score (nSPS) is 17.2. The van der Waals surface area contributed by atoms with E-state index in [1.165, 1.54) is 30.0 Å². The minimum atomic E-state index is -0.728. The summed E-state index contributed by atoms with van der Waals surface area (Å²) in [6, 6.07) is 4.37. The van der Waals surface area contributed by atoms with Gasteiger partial charge >= 0.3 is 5.97 Å². The Balaban J connectivity index is 2.01. The standard InChI is InChI=1S/C17H22N2O5S/c1-3-13-6-4-5-9-18(13)16(20)11-24-17(21)12-7-8-15(25-2)14(10-12)19(22)23/h7-8,10,13H,3-6,9,11H2,1-2H3/t13-/m0/s1. The van der Waals surface area contributed by atoms with E-state index in [-0.39, 0.29) is 29.8 Å². The number of rotatable bonds is 6. The number of carbonyl (C=O) groups is 2. The van der Waals surface area contributed by atoms with Crippen molar-refractivity contribution < 1.29 is 19.2 Å². The molecule has 1 fully saturated rings. The average molecular weight is 366 g/mol. The zero-order chi connectivity index (χ0) is 18.4. The number of ether oxygens (including phenoxy) is 1. The van der Waals surface area contributed by atoms with Crippen LogP contribution in [0.15, 0.2) is 23.1 Å². The number of piperidine rings is 1. The van der Waals surface area contributed by atoms with Gasteiger partial charge in [-0.15, -0.1) is 11.8 Å². The smallest absolute Gasteiger partial charge is 0.338 e. The first kappa shape index (κ1) is 19.2. The number of carbonyl (C=O) groups excluding carboxylic acids is 2. The first-order valence-corrected chi connectivity index (χ1v) is 9.49. The number of thioether (sulfide) groups is 1. The summed E-state index contributed by atoms with van der Waals surface area (Å²) in [7, 11) is 0. The lowest BCUT2D eigenvalue weighted by Gasteiger charge is -2.35. The predicted octanol–water partition coefficient (Wildman–Crippen LogP) is 3.26. The van der Waals surface area contributed by atoms with Crippen molar-refractivity contribution in [1.29, 1.82) is 0 Å². The number of likely N-dealkylation sites (tertiary alicyclic amines) is 1. The molecule has 1 amide bonds. The Morgan fingerprint density at radius 2 is 2.16 bits per heavy atom. The number of amides is 1. The van der Waals surface area contributed by atoms with Crippen molar-refractivity contribution in [1.82, 2.24) is 4.90 Å². The molecular formula is C17H22N2O5S. The van der Waals surface area contributed by atoms with Crippen molar-refractivity contribution in [3.05, 3.63) is 33.9 Å². The molecule has 1 aromatic carbocycles. The van der Waals surface area contributed by atoms with Gasteiger partial charge in [0.05, 0.1) is 15.4 Å². The van der Waals surface area contributed by atoms with Crippen LogP contribution in [0.4, 0.5) is 5.69 Å². The molecule has 1 heterocycles. The van der Waals surface area contributed by atoms with Crippen LogP contribution in [0.25, 0.3) is 0 Å². The quantitative estimate of drug-likeness (QED) is 0.332. The minimum Gasteiger partial charge on any atom is -0.452 e. The van der Waals surface area contributed by atoms with E-state index in [0.29, 0.717) is 11.4 Å². The average Bonchev–Trinajstić information content (AvgIpc) is 2.65. The van der Waals surface area contributed by atoms with Crippen LogP contribution in [-0.4, -0.2) is 47.1 Å². The van der Waals surface area contributed by atoms with E-state index in [9.17, 15) is 19.7 Å². The Morgan fingerprint density at radius 3 is 2.80 bits per heavy atom. The summed E-state index contributed by atoms with van der Waals surface area (Å²) in [5, 5.41) is 11.1. The van der Waals surface area contributed by atoms with Crippen molar-refractivity contribution in [2.24, 2.45) is 0 Å². The van der Waals surface area contributed by atoms with E-state index in [0.717, 1.165) is 25.7 Å². The van der Waals surface area contributed by atoms with Crippen molar-refractivity contribution in [3.8, 4) is 0 Å². The molecule has 0 radical (unpaired) electrons.